The molecule has 4 aromatic carbocycles. The maximum atomic E-state index is 14.2. The molecule has 0 spiro atoms. The number of aliphatic carboxylic acids is 1. The number of carboxylic acid groups (broad SMARTS) is 1. The lowest BCUT2D eigenvalue weighted by atomic mass is 9.89. The molecule has 4 aromatic rings. The summed E-state index contributed by atoms with van der Waals surface area (Å²) in [6.45, 7) is 0.258. The number of guanidine groups is 1. The summed E-state index contributed by atoms with van der Waals surface area (Å²) in [5.74, 6) is -5.24. The van der Waals surface area contributed by atoms with E-state index < -0.39 is 42.0 Å². The predicted octanol–water partition coefficient (Wildman–Crippen LogP) is 2.42. The monoisotopic (exact) mass is 749 g/mol. The van der Waals surface area contributed by atoms with Crippen LogP contribution in [0.3, 0.4) is 0 Å². The number of primary amides is 1. The SMILES string of the molecule is N=C(N)c1ccc(CC(C(=O)N[C@@H](Cc2ccc(N)cc2)C(=O)N[C@@H](CCCN=C(N)N)C(N)=O)c2ccc3ccccc3c2)cc1.O=C(O)C(F)(F)F. The van der Waals surface area contributed by atoms with Gasteiger partial charge in [0.2, 0.25) is 17.7 Å². The third-order valence-electron chi connectivity index (χ3n) is 8.10. The smallest absolute Gasteiger partial charge is 0.475 e. The number of anilines is 1. The Morgan fingerprint density at radius 3 is 1.87 bits per heavy atom. The first-order valence-corrected chi connectivity index (χ1v) is 16.5. The summed E-state index contributed by atoms with van der Waals surface area (Å²) in [4.78, 5) is 53.0. The fourth-order valence-corrected chi connectivity index (χ4v) is 5.28. The molecule has 3 atom stereocenters. The number of halogens is 3. The number of amidine groups is 1. The van der Waals surface area contributed by atoms with E-state index in [1.54, 1.807) is 36.4 Å². The minimum absolute atomic E-state index is 0.0533. The van der Waals surface area contributed by atoms with E-state index in [1.165, 1.54) is 0 Å². The van der Waals surface area contributed by atoms with Gasteiger partial charge in [0.15, 0.2) is 5.96 Å². The highest BCUT2D eigenvalue weighted by atomic mass is 19.4. The summed E-state index contributed by atoms with van der Waals surface area (Å²) in [5.41, 5.74) is 31.4. The second-order valence-electron chi connectivity index (χ2n) is 12.2. The first-order chi connectivity index (χ1) is 25.4. The first kappa shape index (κ1) is 41.8. The number of aliphatic imine (C=N–C) groups is 1. The van der Waals surface area contributed by atoms with Crippen molar-refractivity contribution in [3.05, 3.63) is 113 Å². The molecule has 0 aliphatic carbocycles. The lowest BCUT2D eigenvalue weighted by molar-refractivity contribution is -0.192. The highest BCUT2D eigenvalue weighted by Gasteiger charge is 2.38. The second kappa shape index (κ2) is 19.3. The maximum absolute atomic E-state index is 14.2. The van der Waals surface area contributed by atoms with E-state index in [2.05, 4.69) is 15.6 Å². The maximum Gasteiger partial charge on any atom is 0.490 e. The molecule has 0 fully saturated rings. The Balaban J connectivity index is 0.00000102. The van der Waals surface area contributed by atoms with E-state index in [1.807, 2.05) is 54.6 Å². The summed E-state index contributed by atoms with van der Waals surface area (Å²) in [7, 11) is 0. The van der Waals surface area contributed by atoms with Crippen LogP contribution >= 0.6 is 0 Å². The third kappa shape index (κ3) is 13.2. The molecule has 0 bridgehead atoms. The Bertz CT molecular complexity index is 1970. The van der Waals surface area contributed by atoms with Gasteiger partial charge in [0.05, 0.1) is 5.92 Å². The van der Waals surface area contributed by atoms with E-state index in [9.17, 15) is 27.6 Å². The first-order valence-electron chi connectivity index (χ1n) is 16.5. The van der Waals surface area contributed by atoms with Gasteiger partial charge >= 0.3 is 12.1 Å². The van der Waals surface area contributed by atoms with E-state index in [0.29, 0.717) is 24.1 Å². The summed E-state index contributed by atoms with van der Waals surface area (Å²) < 4.78 is 31.7. The van der Waals surface area contributed by atoms with Crippen LogP contribution in [0.25, 0.3) is 10.8 Å². The molecule has 17 heteroatoms. The highest BCUT2D eigenvalue weighted by molar-refractivity contribution is 5.95. The number of alkyl halides is 3. The summed E-state index contributed by atoms with van der Waals surface area (Å²) >= 11 is 0. The molecule has 14 nitrogen and oxygen atoms in total. The number of carboxylic acids is 1. The van der Waals surface area contributed by atoms with Gasteiger partial charge in [0.1, 0.15) is 17.9 Å². The zero-order valence-electron chi connectivity index (χ0n) is 29.0. The van der Waals surface area contributed by atoms with Crippen molar-refractivity contribution in [2.45, 2.75) is 49.9 Å². The Morgan fingerprint density at radius 1 is 0.759 bits per heavy atom. The molecule has 54 heavy (non-hydrogen) atoms. The van der Waals surface area contributed by atoms with E-state index in [0.717, 1.165) is 27.5 Å². The van der Waals surface area contributed by atoms with Crippen molar-refractivity contribution in [2.24, 2.45) is 27.9 Å². The van der Waals surface area contributed by atoms with Crippen LogP contribution in [0.5, 0.6) is 0 Å². The lowest BCUT2D eigenvalue weighted by Crippen LogP contribution is -2.54. The van der Waals surface area contributed by atoms with Crippen molar-refractivity contribution >= 4 is 51.9 Å². The van der Waals surface area contributed by atoms with Crippen molar-refractivity contribution in [3.8, 4) is 0 Å². The minimum atomic E-state index is -5.08. The van der Waals surface area contributed by atoms with Crippen molar-refractivity contribution in [3.63, 3.8) is 0 Å². The van der Waals surface area contributed by atoms with Gasteiger partial charge in [0.25, 0.3) is 0 Å². The number of fused-ring (bicyclic) bond motifs is 1. The Labute approximate surface area is 308 Å². The number of nitrogens with one attached hydrogen (secondary N) is 3. The molecular formula is C37H42F3N9O5. The number of hydrogen-bond acceptors (Lipinski definition) is 7. The van der Waals surface area contributed by atoms with Gasteiger partial charge in [-0.05, 0) is 58.9 Å². The number of nitrogens with two attached hydrogens (primary N) is 5. The number of amides is 3. The number of carbonyl (C=O) groups is 4. The molecule has 286 valence electrons. The summed E-state index contributed by atoms with van der Waals surface area (Å²) in [5, 5.41) is 22.5. The van der Waals surface area contributed by atoms with Gasteiger partial charge < -0.3 is 44.4 Å². The van der Waals surface area contributed by atoms with Crippen molar-refractivity contribution in [1.82, 2.24) is 10.6 Å². The number of benzene rings is 4. The van der Waals surface area contributed by atoms with E-state index in [-0.39, 0.29) is 37.1 Å². The van der Waals surface area contributed by atoms with Crippen LogP contribution in [0.1, 0.15) is 41.0 Å². The molecule has 0 saturated heterocycles. The molecule has 0 saturated carbocycles. The van der Waals surface area contributed by atoms with Gasteiger partial charge in [-0.25, -0.2) is 4.79 Å². The van der Waals surface area contributed by atoms with Crippen LogP contribution < -0.4 is 39.3 Å². The number of nitrogen functional groups attached to an aromatic ring is 2. The Morgan fingerprint density at radius 2 is 1.31 bits per heavy atom. The van der Waals surface area contributed by atoms with Gasteiger partial charge in [-0.1, -0.05) is 78.9 Å². The average Bonchev–Trinajstić information content (AvgIpc) is 3.12. The van der Waals surface area contributed by atoms with E-state index >= 15 is 0 Å². The summed E-state index contributed by atoms with van der Waals surface area (Å²) in [6.07, 6.45) is -4.04. The normalized spacial score (nSPS) is 12.6. The molecule has 0 radical (unpaired) electrons. The zero-order chi connectivity index (χ0) is 40.0. The Hall–Kier alpha value is -6.65. The van der Waals surface area contributed by atoms with Crippen molar-refractivity contribution in [1.29, 1.82) is 5.41 Å². The number of nitrogens with zero attached hydrogens (tertiary/aromatic N) is 1. The molecule has 0 aromatic heterocycles. The van der Waals surface area contributed by atoms with Gasteiger partial charge in [-0.2, -0.15) is 13.2 Å². The topological polar surface area (TPSA) is 279 Å². The average molecular weight is 750 g/mol. The second-order valence-corrected chi connectivity index (χ2v) is 12.2. The van der Waals surface area contributed by atoms with Gasteiger partial charge in [-0.3, -0.25) is 24.8 Å². The molecule has 0 heterocycles. The van der Waals surface area contributed by atoms with Crippen LogP contribution in [0.4, 0.5) is 18.9 Å². The predicted molar refractivity (Wildman–Crippen MR) is 199 cm³/mol. The van der Waals surface area contributed by atoms with Crippen LogP contribution in [0.2, 0.25) is 0 Å². The largest absolute Gasteiger partial charge is 0.490 e. The number of rotatable bonds is 15. The standard InChI is InChI=1S/C35H41N9O3.C2HF3O2/c36-27-15-9-22(10-16-27)19-30(34(47)43-29(32(39)45)6-3-17-42-35(40)41)44-33(46)28(18-21-7-11-24(12-8-21)31(37)38)26-14-13-23-4-1-2-5-25(23)20-26;3-2(4,5)1(6)7/h1-2,4-5,7-16,20,28-30H,3,6,17-19,36H2,(H3,37,38)(H2,39,45)(H,43,47)(H,44,46)(H4,40,41,42);(H,6,7)/t28?,29-,30-;/m0./s1. The Kier molecular flexibility index (Phi) is 14.9. The molecule has 1 unspecified atom stereocenters. The van der Waals surface area contributed by atoms with E-state index in [4.69, 9.17) is 44.0 Å². The van der Waals surface area contributed by atoms with Crippen molar-refractivity contribution < 1.29 is 37.5 Å². The highest BCUT2D eigenvalue weighted by Crippen LogP contribution is 2.26. The number of hydrogen-bond donors (Lipinski definition) is 9. The van der Waals surface area contributed by atoms with Crippen LogP contribution in [0, 0.1) is 5.41 Å². The fourth-order valence-electron chi connectivity index (χ4n) is 5.28. The summed E-state index contributed by atoms with van der Waals surface area (Å²) in [6, 6.07) is 25.8. The van der Waals surface area contributed by atoms with Crippen LogP contribution in [-0.4, -0.2) is 65.4 Å². The minimum Gasteiger partial charge on any atom is -0.475 e. The van der Waals surface area contributed by atoms with Crippen LogP contribution in [0.15, 0.2) is 96.0 Å². The molecule has 4 rings (SSSR count). The quantitative estimate of drug-likeness (QED) is 0.0373. The van der Waals surface area contributed by atoms with Crippen molar-refractivity contribution in [2.75, 3.05) is 12.3 Å². The molecule has 0 aliphatic rings. The zero-order valence-corrected chi connectivity index (χ0v) is 29.0. The number of carbonyl (C=O) groups excluding carboxylic acids is 3. The molecule has 3 amide bonds. The molecule has 0 aliphatic heterocycles. The van der Waals surface area contributed by atoms with Gasteiger partial charge in [-0.15, -0.1) is 0 Å². The molecule has 14 N–H and O–H groups in total. The molecular weight excluding hydrogens is 707 g/mol. The van der Waals surface area contributed by atoms with Gasteiger partial charge in [0, 0.05) is 24.2 Å². The third-order valence-corrected chi connectivity index (χ3v) is 8.10. The lowest BCUT2D eigenvalue weighted by Gasteiger charge is -2.25. The fraction of sp³-hybridized carbons (Fsp3) is 0.243. The van der Waals surface area contributed by atoms with Crippen LogP contribution in [-0.2, 0) is 32.0 Å².